The van der Waals surface area contributed by atoms with E-state index in [9.17, 15) is 19.5 Å². The van der Waals surface area contributed by atoms with Crippen molar-refractivity contribution in [3.63, 3.8) is 0 Å². The number of hydrogen-bond acceptors (Lipinski definition) is 12. The molecule has 7 fully saturated rings. The first-order valence-corrected chi connectivity index (χ1v) is 23.9. The molecule has 7 heterocycles. The van der Waals surface area contributed by atoms with Gasteiger partial charge in [0, 0.05) is 44.1 Å². The summed E-state index contributed by atoms with van der Waals surface area (Å²) >= 11 is 0. The number of benzene rings is 3. The second-order valence-corrected chi connectivity index (χ2v) is 19.9. The summed E-state index contributed by atoms with van der Waals surface area (Å²) in [5.41, 5.74) is 12.4. The van der Waals surface area contributed by atoms with Crippen LogP contribution in [0.3, 0.4) is 0 Å². The topological polar surface area (TPSA) is 167 Å². The van der Waals surface area contributed by atoms with Crippen LogP contribution in [0.25, 0.3) is 11.3 Å². The summed E-state index contributed by atoms with van der Waals surface area (Å²) in [7, 11) is 0. The van der Waals surface area contributed by atoms with Crippen LogP contribution in [0.5, 0.6) is 17.2 Å². The third-order valence-corrected chi connectivity index (χ3v) is 16.3. The highest BCUT2D eigenvalue weighted by atomic mass is 16.5. The van der Waals surface area contributed by atoms with Crippen LogP contribution in [0.1, 0.15) is 68.4 Å². The minimum Gasteiger partial charge on any atom is -0.507 e. The molecule has 3 aromatic carbocycles. The van der Waals surface area contributed by atoms with E-state index in [0.29, 0.717) is 85.3 Å². The number of carbonyl (C=O) groups is 3. The Labute approximate surface area is 380 Å². The molecule has 2 saturated carbocycles. The monoisotopic (exact) mass is 880 g/mol. The average molecular weight is 881 g/mol. The average Bonchev–Trinajstić information content (AvgIpc) is 3.45. The third kappa shape index (κ3) is 7.91. The molecule has 0 spiro atoms. The molecule has 12 rings (SSSR count). The Hall–Kier alpha value is -5.89. The molecule has 2 aliphatic carbocycles. The molecule has 6 aliphatic heterocycles. The van der Waals surface area contributed by atoms with Gasteiger partial charge in [-0.1, -0.05) is 36.4 Å². The lowest BCUT2D eigenvalue weighted by atomic mass is 9.36. The highest BCUT2D eigenvalue weighted by Gasteiger charge is 2.64. The Morgan fingerprint density at radius 2 is 1.74 bits per heavy atom. The van der Waals surface area contributed by atoms with Gasteiger partial charge < -0.3 is 35.0 Å². The maximum atomic E-state index is 13.4. The van der Waals surface area contributed by atoms with E-state index in [-0.39, 0.29) is 29.5 Å². The summed E-state index contributed by atoms with van der Waals surface area (Å²) in [5.74, 6) is 4.93. The van der Waals surface area contributed by atoms with Crippen LogP contribution in [0.15, 0.2) is 72.8 Å². The zero-order chi connectivity index (χ0) is 44.2. The van der Waals surface area contributed by atoms with Crippen molar-refractivity contribution in [2.24, 2.45) is 29.1 Å². The van der Waals surface area contributed by atoms with Crippen LogP contribution in [-0.4, -0.2) is 114 Å². The number of phenols is 1. The number of para-hydroxylation sites is 2. The van der Waals surface area contributed by atoms with Crippen molar-refractivity contribution >= 4 is 34.9 Å². The summed E-state index contributed by atoms with van der Waals surface area (Å²) in [6.45, 7) is 7.17. The fourth-order valence-electron chi connectivity index (χ4n) is 12.7. The molecule has 3 amide bonds. The van der Waals surface area contributed by atoms with Crippen molar-refractivity contribution in [3.05, 3.63) is 83.9 Å². The molecule has 14 nitrogen and oxygen atoms in total. The number of anilines is 3. The summed E-state index contributed by atoms with van der Waals surface area (Å²) in [5, 5.41) is 21.6. The fourth-order valence-corrected chi connectivity index (χ4v) is 12.7. The molecule has 340 valence electrons. The third-order valence-electron chi connectivity index (χ3n) is 16.3. The normalized spacial score (nSPS) is 26.9. The number of ether oxygens (including phenoxy) is 2. The molecule has 5 saturated heterocycles. The van der Waals surface area contributed by atoms with Gasteiger partial charge in [0.1, 0.15) is 29.9 Å². The van der Waals surface area contributed by atoms with Crippen LogP contribution < -0.4 is 30.3 Å². The minimum absolute atomic E-state index is 0.186. The SMILES string of the molecule is Nc1nnc(-c2ccccc2O)cc1N1CC[C@H]2CC3(Cc4cccc(OCC5CN(C(=O)CN6CCC(c7cccc8c7OCCN8[C@H]7CCC(=O)NC7=O)CC6)C5)c4)C2C[C@@H]3CC1. The number of likely N-dealkylation sites (tertiary alicyclic amines) is 2. The highest BCUT2D eigenvalue weighted by molar-refractivity contribution is 6.02. The molecular weight excluding hydrogens is 821 g/mol. The van der Waals surface area contributed by atoms with Gasteiger partial charge in [0.15, 0.2) is 5.82 Å². The Morgan fingerprint density at radius 3 is 2.57 bits per heavy atom. The number of phenolic OH excluding ortho intramolecular Hbond substituents is 1. The van der Waals surface area contributed by atoms with Gasteiger partial charge in [-0.2, -0.15) is 0 Å². The van der Waals surface area contributed by atoms with Gasteiger partial charge in [0.05, 0.1) is 36.8 Å². The predicted molar refractivity (Wildman–Crippen MR) is 247 cm³/mol. The second kappa shape index (κ2) is 17.2. The second-order valence-electron chi connectivity index (χ2n) is 19.9. The Morgan fingerprint density at radius 1 is 0.908 bits per heavy atom. The Balaban J connectivity index is 0.639. The lowest BCUT2D eigenvalue weighted by molar-refractivity contribution is -0.190. The maximum absolute atomic E-state index is 13.4. The summed E-state index contributed by atoms with van der Waals surface area (Å²) < 4.78 is 12.6. The first kappa shape index (κ1) is 41.8. The van der Waals surface area contributed by atoms with Crippen LogP contribution >= 0.6 is 0 Å². The number of piperidine rings is 2. The quantitative estimate of drug-likeness (QED) is 0.159. The lowest BCUT2D eigenvalue weighted by Crippen LogP contribution is -2.62. The Kier molecular flexibility index (Phi) is 11.0. The molecule has 2 unspecified atom stereocenters. The van der Waals surface area contributed by atoms with Gasteiger partial charge in [0.25, 0.3) is 0 Å². The molecule has 4 aromatic rings. The van der Waals surface area contributed by atoms with E-state index in [2.05, 4.69) is 60.5 Å². The number of amides is 3. The number of hydrogen-bond donors (Lipinski definition) is 3. The number of carbonyl (C=O) groups excluding carboxylic acids is 3. The van der Waals surface area contributed by atoms with Crippen LogP contribution in [0.2, 0.25) is 0 Å². The summed E-state index contributed by atoms with van der Waals surface area (Å²) in [6.07, 6.45) is 8.64. The van der Waals surface area contributed by atoms with Gasteiger partial charge in [-0.15, -0.1) is 10.2 Å². The maximum Gasteiger partial charge on any atom is 0.249 e. The van der Waals surface area contributed by atoms with Crippen molar-refractivity contribution in [2.75, 3.05) is 81.1 Å². The van der Waals surface area contributed by atoms with E-state index in [0.717, 1.165) is 100 Å². The first-order valence-electron chi connectivity index (χ1n) is 23.9. The Bertz CT molecular complexity index is 2470. The lowest BCUT2D eigenvalue weighted by Gasteiger charge is -2.68. The minimum atomic E-state index is -0.368. The number of nitrogens with two attached hydrogens (primary N) is 1. The highest BCUT2D eigenvalue weighted by Crippen LogP contribution is 2.71. The van der Waals surface area contributed by atoms with Gasteiger partial charge >= 0.3 is 0 Å². The smallest absolute Gasteiger partial charge is 0.249 e. The molecule has 65 heavy (non-hydrogen) atoms. The van der Waals surface area contributed by atoms with Crippen LogP contribution in [0.4, 0.5) is 17.2 Å². The number of aromatic nitrogens is 2. The zero-order valence-corrected chi connectivity index (χ0v) is 37.1. The van der Waals surface area contributed by atoms with E-state index in [1.807, 2.05) is 41.3 Å². The number of nitrogens with zero attached hydrogens (tertiary/aromatic N) is 6. The molecule has 8 aliphatic rings. The van der Waals surface area contributed by atoms with Crippen molar-refractivity contribution < 1.29 is 29.0 Å². The zero-order valence-electron chi connectivity index (χ0n) is 37.1. The number of rotatable bonds is 11. The van der Waals surface area contributed by atoms with E-state index in [1.165, 1.54) is 24.0 Å². The largest absolute Gasteiger partial charge is 0.507 e. The molecule has 5 atom stereocenters. The molecule has 0 radical (unpaired) electrons. The number of nitrogens with one attached hydrogen (secondary N) is 1. The van der Waals surface area contributed by atoms with E-state index in [1.54, 1.807) is 6.07 Å². The molecular formula is C51H60N8O6. The molecule has 14 heteroatoms. The molecule has 4 N–H and O–H groups in total. The predicted octanol–water partition coefficient (Wildman–Crippen LogP) is 5.64. The summed E-state index contributed by atoms with van der Waals surface area (Å²) in [6, 6.07) is 23.8. The number of aromatic hydroxyl groups is 1. The molecule has 4 bridgehead atoms. The van der Waals surface area contributed by atoms with Crippen molar-refractivity contribution in [1.82, 2.24) is 25.3 Å². The van der Waals surface area contributed by atoms with Crippen LogP contribution in [0, 0.1) is 29.1 Å². The van der Waals surface area contributed by atoms with Crippen LogP contribution in [-0.2, 0) is 20.8 Å². The molecule has 1 aromatic heterocycles. The van der Waals surface area contributed by atoms with Gasteiger partial charge in [-0.3, -0.25) is 24.6 Å². The van der Waals surface area contributed by atoms with E-state index in [4.69, 9.17) is 15.2 Å². The van der Waals surface area contributed by atoms with Crippen molar-refractivity contribution in [3.8, 4) is 28.5 Å². The first-order chi connectivity index (χ1) is 31.7. The van der Waals surface area contributed by atoms with E-state index < -0.39 is 0 Å². The fraction of sp³-hybridized carbons (Fsp3) is 0.510. The van der Waals surface area contributed by atoms with Crippen molar-refractivity contribution in [1.29, 1.82) is 0 Å². The number of imide groups is 1. The van der Waals surface area contributed by atoms with Crippen molar-refractivity contribution in [2.45, 2.75) is 69.7 Å². The van der Waals surface area contributed by atoms with Gasteiger partial charge in [0.2, 0.25) is 17.7 Å². The number of nitrogen functional groups attached to an aromatic ring is 1. The van der Waals surface area contributed by atoms with E-state index >= 15 is 0 Å². The summed E-state index contributed by atoms with van der Waals surface area (Å²) in [4.78, 5) is 46.7. The van der Waals surface area contributed by atoms with Gasteiger partial charge in [-0.25, -0.2) is 0 Å². The van der Waals surface area contributed by atoms with Gasteiger partial charge in [-0.05, 0) is 141 Å². The standard InChI is InChI=1S/C51H60N8O6/c52-49-44(25-41(54-55-49)39-7-1-2-10-45(39)60)57-19-15-35-27-51(36(16-20-57)24-40(35)51)26-32-5-3-6-37(23-32)65-31-33-28-58(29-33)47(62)30-56-17-13-34(14-18-56)38-8-4-9-42-48(38)64-22-21-59(42)43-11-12-46(61)53-50(43)63/h1-10,23,25,33-36,40,43,60H,11-22,24,26-31H2,(H2,52,55)(H,53,61,63)/t35-,36-,40?,43-,51?/m0/s1. The number of fused-ring (bicyclic) bond motifs is 5.